The van der Waals surface area contributed by atoms with Gasteiger partial charge in [-0.05, 0) is 19.3 Å². The summed E-state index contributed by atoms with van der Waals surface area (Å²) in [7, 11) is 0. The number of nitrogens with one attached hydrogen (secondary N) is 1. The van der Waals surface area contributed by atoms with E-state index in [0.717, 1.165) is 11.6 Å². The maximum absolute atomic E-state index is 8.72. The van der Waals surface area contributed by atoms with Gasteiger partial charge in [0.15, 0.2) is 10.3 Å². The van der Waals surface area contributed by atoms with Crippen LogP contribution in [-0.4, -0.2) is 11.0 Å². The van der Waals surface area contributed by atoms with Crippen LogP contribution in [0.15, 0.2) is 0 Å². The Bertz CT molecular complexity index is 367. The number of rotatable bonds is 4. The van der Waals surface area contributed by atoms with Crippen molar-refractivity contribution in [1.29, 1.82) is 5.26 Å². The van der Waals surface area contributed by atoms with Crippen molar-refractivity contribution in [3.05, 3.63) is 10.0 Å². The molecule has 1 aromatic rings. The van der Waals surface area contributed by atoms with Gasteiger partial charge in [0.05, 0.1) is 0 Å². The molecule has 0 saturated heterocycles. The molecule has 15 heavy (non-hydrogen) atoms. The fraction of sp³-hybridized carbons (Fsp3) is 0.600. The van der Waals surface area contributed by atoms with Gasteiger partial charge in [-0.1, -0.05) is 36.8 Å². The van der Waals surface area contributed by atoms with Gasteiger partial charge in [-0.2, -0.15) is 5.26 Å². The first-order valence-electron chi connectivity index (χ1n) is 4.86. The minimum Gasteiger partial charge on any atom is -0.359 e. The third-order valence-electron chi connectivity index (χ3n) is 1.88. The highest BCUT2D eigenvalue weighted by molar-refractivity contribution is 7.16. The first-order valence-corrected chi connectivity index (χ1v) is 6.05. The first kappa shape index (κ1) is 12.3. The Balaban J connectivity index is 2.61. The zero-order chi connectivity index (χ0) is 11.4. The van der Waals surface area contributed by atoms with Gasteiger partial charge in [-0.25, -0.2) is 4.98 Å². The molecule has 1 heterocycles. The second-order valence-corrected chi connectivity index (χ2v) is 5.28. The number of aromatic nitrogens is 1. The van der Waals surface area contributed by atoms with E-state index >= 15 is 0 Å². The molecule has 3 nitrogen and oxygen atoms in total. The predicted molar refractivity (Wildman–Crippen MR) is 64.4 cm³/mol. The van der Waals surface area contributed by atoms with E-state index < -0.39 is 0 Å². The van der Waals surface area contributed by atoms with E-state index in [0.29, 0.717) is 22.0 Å². The van der Waals surface area contributed by atoms with Gasteiger partial charge < -0.3 is 5.32 Å². The number of nitrogens with zero attached hydrogens (tertiary/aromatic N) is 2. The zero-order valence-corrected chi connectivity index (χ0v) is 10.6. The summed E-state index contributed by atoms with van der Waals surface area (Å²) in [6.07, 6.45) is 1.07. The van der Waals surface area contributed by atoms with Crippen molar-refractivity contribution in [2.45, 2.75) is 33.2 Å². The Hall–Kier alpha value is -0.790. The van der Waals surface area contributed by atoms with E-state index in [4.69, 9.17) is 16.9 Å². The van der Waals surface area contributed by atoms with Crippen LogP contribution in [0.4, 0.5) is 5.13 Å². The molecule has 0 radical (unpaired) electrons. The van der Waals surface area contributed by atoms with Crippen molar-refractivity contribution in [2.24, 2.45) is 5.92 Å². The molecular formula is C10H14ClN3S. The van der Waals surface area contributed by atoms with Crippen molar-refractivity contribution in [3.8, 4) is 6.07 Å². The Morgan fingerprint density at radius 2 is 2.20 bits per heavy atom. The number of halogens is 1. The van der Waals surface area contributed by atoms with Crippen LogP contribution in [0.3, 0.4) is 0 Å². The summed E-state index contributed by atoms with van der Waals surface area (Å²) in [5.74, 6) is 0.637. The van der Waals surface area contributed by atoms with E-state index in [1.54, 1.807) is 0 Å². The average molecular weight is 244 g/mol. The summed E-state index contributed by atoms with van der Waals surface area (Å²) in [5, 5.41) is 13.0. The zero-order valence-electron chi connectivity index (χ0n) is 9.04. The van der Waals surface area contributed by atoms with E-state index in [1.807, 2.05) is 6.07 Å². The van der Waals surface area contributed by atoms with Crippen LogP contribution in [0.2, 0.25) is 5.15 Å². The topological polar surface area (TPSA) is 48.7 Å². The van der Waals surface area contributed by atoms with Gasteiger partial charge in [0.1, 0.15) is 10.9 Å². The number of hydrogen-bond acceptors (Lipinski definition) is 4. The summed E-state index contributed by atoms with van der Waals surface area (Å²) in [6.45, 7) is 6.45. The molecule has 0 aromatic carbocycles. The van der Waals surface area contributed by atoms with Crippen molar-refractivity contribution in [2.75, 3.05) is 5.32 Å². The Morgan fingerprint density at radius 1 is 1.53 bits per heavy atom. The van der Waals surface area contributed by atoms with Crippen LogP contribution in [0, 0.1) is 17.2 Å². The monoisotopic (exact) mass is 243 g/mol. The standard InChI is InChI=1S/C10H14ClN3S/c1-6(2)4-7(3)13-10-14-9(11)8(5-12)15-10/h6-7H,4H2,1-3H3,(H,13,14). The highest BCUT2D eigenvalue weighted by Gasteiger charge is 2.11. The Labute approximate surface area is 99.1 Å². The molecule has 1 atom stereocenters. The molecule has 0 spiro atoms. The Kier molecular flexibility index (Phi) is 4.37. The minimum atomic E-state index is 0.293. The van der Waals surface area contributed by atoms with Crippen LogP contribution in [0.1, 0.15) is 32.1 Å². The summed E-state index contributed by atoms with van der Waals surface area (Å²) < 4.78 is 0. The summed E-state index contributed by atoms with van der Waals surface area (Å²) >= 11 is 7.07. The molecule has 0 aliphatic rings. The van der Waals surface area contributed by atoms with Gasteiger partial charge in [0, 0.05) is 6.04 Å². The van der Waals surface area contributed by atoms with Crippen molar-refractivity contribution >= 4 is 28.1 Å². The smallest absolute Gasteiger partial charge is 0.185 e. The summed E-state index contributed by atoms with van der Waals surface area (Å²) in [5.41, 5.74) is 0. The largest absolute Gasteiger partial charge is 0.359 e. The lowest BCUT2D eigenvalue weighted by Gasteiger charge is -2.14. The SMILES string of the molecule is CC(C)CC(C)Nc1nc(Cl)c(C#N)s1. The van der Waals surface area contributed by atoms with Crippen molar-refractivity contribution in [1.82, 2.24) is 4.98 Å². The maximum atomic E-state index is 8.72. The highest BCUT2D eigenvalue weighted by atomic mass is 35.5. The van der Waals surface area contributed by atoms with Crippen molar-refractivity contribution in [3.63, 3.8) is 0 Å². The molecule has 5 heteroatoms. The van der Waals surface area contributed by atoms with Crippen LogP contribution >= 0.6 is 22.9 Å². The molecule has 1 unspecified atom stereocenters. The van der Waals surface area contributed by atoms with E-state index in [2.05, 4.69) is 31.1 Å². The van der Waals surface area contributed by atoms with Crippen LogP contribution < -0.4 is 5.32 Å². The quantitative estimate of drug-likeness (QED) is 0.880. The molecule has 82 valence electrons. The fourth-order valence-corrected chi connectivity index (χ4v) is 2.47. The van der Waals surface area contributed by atoms with Crippen LogP contribution in [0.5, 0.6) is 0 Å². The van der Waals surface area contributed by atoms with Gasteiger partial charge >= 0.3 is 0 Å². The molecule has 0 fully saturated rings. The molecule has 1 rings (SSSR count). The van der Waals surface area contributed by atoms with Crippen LogP contribution in [-0.2, 0) is 0 Å². The van der Waals surface area contributed by atoms with Gasteiger partial charge in [0.25, 0.3) is 0 Å². The lowest BCUT2D eigenvalue weighted by molar-refractivity contribution is 0.539. The molecule has 1 N–H and O–H groups in total. The molecule has 0 amide bonds. The van der Waals surface area contributed by atoms with Crippen LogP contribution in [0.25, 0.3) is 0 Å². The summed E-state index contributed by atoms with van der Waals surface area (Å²) in [6, 6.07) is 2.36. The minimum absolute atomic E-state index is 0.293. The fourth-order valence-electron chi connectivity index (χ4n) is 1.41. The first-order chi connectivity index (χ1) is 7.02. The highest BCUT2D eigenvalue weighted by Crippen LogP contribution is 2.26. The van der Waals surface area contributed by atoms with Crippen molar-refractivity contribution < 1.29 is 0 Å². The van der Waals surface area contributed by atoms with Gasteiger partial charge in [0.2, 0.25) is 0 Å². The normalized spacial score (nSPS) is 12.5. The molecular weight excluding hydrogens is 230 g/mol. The van der Waals surface area contributed by atoms with E-state index in [9.17, 15) is 0 Å². The second kappa shape index (κ2) is 5.34. The lowest BCUT2D eigenvalue weighted by atomic mass is 10.1. The third-order valence-corrected chi connectivity index (χ3v) is 3.16. The predicted octanol–water partition coefficient (Wildman–Crippen LogP) is 3.51. The molecule has 0 aliphatic carbocycles. The number of anilines is 1. The van der Waals surface area contributed by atoms with Gasteiger partial charge in [-0.15, -0.1) is 0 Å². The molecule has 0 aliphatic heterocycles. The van der Waals surface area contributed by atoms with Gasteiger partial charge in [-0.3, -0.25) is 0 Å². The average Bonchev–Trinajstić information content (AvgIpc) is 2.44. The molecule has 0 saturated carbocycles. The summed E-state index contributed by atoms with van der Waals surface area (Å²) in [4.78, 5) is 4.55. The maximum Gasteiger partial charge on any atom is 0.185 e. The van der Waals surface area contributed by atoms with E-state index in [-0.39, 0.29) is 0 Å². The number of hydrogen-bond donors (Lipinski definition) is 1. The molecule has 1 aromatic heterocycles. The Morgan fingerprint density at radius 3 is 2.67 bits per heavy atom. The molecule has 0 bridgehead atoms. The second-order valence-electron chi connectivity index (χ2n) is 3.93. The number of nitriles is 1. The van der Waals surface area contributed by atoms with E-state index in [1.165, 1.54) is 11.3 Å². The lowest BCUT2D eigenvalue weighted by Crippen LogP contribution is -2.17. The third kappa shape index (κ3) is 3.69. The number of thiazole rings is 1.